The van der Waals surface area contributed by atoms with Crippen LogP contribution < -0.4 is 5.32 Å². The number of carbonyl (C=O) groups excluding carboxylic acids is 1. The first-order valence-electron chi connectivity index (χ1n) is 5.19. The van der Waals surface area contributed by atoms with E-state index in [-0.39, 0.29) is 18.4 Å². The molecule has 0 aliphatic heterocycles. The molecule has 0 aromatic heterocycles. The maximum atomic E-state index is 11.8. The molecule has 0 radical (unpaired) electrons. The standard InChI is InChI=1S/C12H14BrNO3/c1-7-3-4-9(6-10(7)13)12(17)14-8(2)5-11(15)16/h3-4,6,8H,5H2,1-2H3,(H,14,17)(H,15,16). The Labute approximate surface area is 108 Å². The van der Waals surface area contributed by atoms with Crippen molar-refractivity contribution in [1.82, 2.24) is 5.32 Å². The highest BCUT2D eigenvalue weighted by molar-refractivity contribution is 9.10. The molecule has 1 rings (SSSR count). The molecule has 92 valence electrons. The van der Waals surface area contributed by atoms with Gasteiger partial charge in [-0.3, -0.25) is 9.59 Å². The molecular formula is C12H14BrNO3. The summed E-state index contributed by atoms with van der Waals surface area (Å²) in [5.41, 5.74) is 1.56. The van der Waals surface area contributed by atoms with Crippen molar-refractivity contribution in [1.29, 1.82) is 0 Å². The van der Waals surface area contributed by atoms with Gasteiger partial charge in [-0.2, -0.15) is 0 Å². The Morgan fingerprint density at radius 2 is 2.12 bits per heavy atom. The Hall–Kier alpha value is -1.36. The molecule has 1 aromatic rings. The molecule has 0 heterocycles. The van der Waals surface area contributed by atoms with E-state index >= 15 is 0 Å². The number of aliphatic carboxylic acids is 1. The third-order valence-corrected chi connectivity index (χ3v) is 3.15. The minimum absolute atomic E-state index is 0.0846. The van der Waals surface area contributed by atoms with E-state index in [4.69, 9.17) is 5.11 Å². The zero-order valence-corrected chi connectivity index (χ0v) is 11.2. The second-order valence-electron chi connectivity index (χ2n) is 3.94. The predicted octanol–water partition coefficient (Wildman–Crippen LogP) is 2.35. The molecule has 0 saturated heterocycles. The molecule has 0 fully saturated rings. The van der Waals surface area contributed by atoms with E-state index in [2.05, 4.69) is 21.2 Å². The molecule has 1 atom stereocenters. The van der Waals surface area contributed by atoms with Crippen LogP contribution in [0.25, 0.3) is 0 Å². The molecule has 1 unspecified atom stereocenters. The fourth-order valence-electron chi connectivity index (χ4n) is 1.35. The van der Waals surface area contributed by atoms with Crippen molar-refractivity contribution in [2.24, 2.45) is 0 Å². The van der Waals surface area contributed by atoms with Gasteiger partial charge < -0.3 is 10.4 Å². The van der Waals surface area contributed by atoms with Crippen molar-refractivity contribution in [3.05, 3.63) is 33.8 Å². The summed E-state index contributed by atoms with van der Waals surface area (Å²) in [6, 6.07) is 4.88. The summed E-state index contributed by atoms with van der Waals surface area (Å²) in [5.74, 6) is -1.19. The van der Waals surface area contributed by atoms with Gasteiger partial charge in [0.1, 0.15) is 0 Å². The van der Waals surface area contributed by atoms with Crippen LogP contribution in [-0.2, 0) is 4.79 Å². The molecule has 4 nitrogen and oxygen atoms in total. The maximum absolute atomic E-state index is 11.8. The van der Waals surface area contributed by atoms with Gasteiger partial charge in [-0.15, -0.1) is 0 Å². The smallest absolute Gasteiger partial charge is 0.305 e. The first kappa shape index (κ1) is 13.7. The van der Waals surface area contributed by atoms with Crippen LogP contribution in [0.4, 0.5) is 0 Å². The lowest BCUT2D eigenvalue weighted by Crippen LogP contribution is -2.34. The van der Waals surface area contributed by atoms with E-state index in [9.17, 15) is 9.59 Å². The lowest BCUT2D eigenvalue weighted by Gasteiger charge is -2.12. The van der Waals surface area contributed by atoms with Gasteiger partial charge >= 0.3 is 5.97 Å². The van der Waals surface area contributed by atoms with Gasteiger partial charge in [-0.05, 0) is 31.5 Å². The van der Waals surface area contributed by atoms with Crippen LogP contribution in [0.3, 0.4) is 0 Å². The van der Waals surface area contributed by atoms with Crippen LogP contribution in [0, 0.1) is 6.92 Å². The highest BCUT2D eigenvalue weighted by atomic mass is 79.9. The van der Waals surface area contributed by atoms with E-state index in [0.29, 0.717) is 5.56 Å². The molecule has 0 bridgehead atoms. The third-order valence-electron chi connectivity index (χ3n) is 2.29. The second-order valence-corrected chi connectivity index (χ2v) is 4.79. The number of carboxylic acid groups (broad SMARTS) is 1. The Morgan fingerprint density at radius 1 is 1.47 bits per heavy atom. The van der Waals surface area contributed by atoms with Gasteiger partial charge in [0.25, 0.3) is 5.91 Å². The van der Waals surface area contributed by atoms with Crippen LogP contribution in [0.5, 0.6) is 0 Å². The topological polar surface area (TPSA) is 66.4 Å². The normalized spacial score (nSPS) is 11.9. The zero-order valence-electron chi connectivity index (χ0n) is 9.66. The molecular weight excluding hydrogens is 286 g/mol. The van der Waals surface area contributed by atoms with Gasteiger partial charge in [-0.25, -0.2) is 0 Å². The number of halogens is 1. The lowest BCUT2D eigenvalue weighted by molar-refractivity contribution is -0.137. The number of benzene rings is 1. The van der Waals surface area contributed by atoms with Gasteiger partial charge in [-0.1, -0.05) is 22.0 Å². The van der Waals surface area contributed by atoms with E-state index in [1.165, 1.54) is 0 Å². The minimum Gasteiger partial charge on any atom is -0.481 e. The summed E-state index contributed by atoms with van der Waals surface area (Å²) in [6.07, 6.45) is -0.0846. The van der Waals surface area contributed by atoms with E-state index < -0.39 is 5.97 Å². The Bertz CT molecular complexity index is 445. The van der Waals surface area contributed by atoms with E-state index in [0.717, 1.165) is 10.0 Å². The number of rotatable bonds is 4. The lowest BCUT2D eigenvalue weighted by atomic mass is 10.1. The predicted molar refractivity (Wildman–Crippen MR) is 68.1 cm³/mol. The number of aryl methyl sites for hydroxylation is 1. The van der Waals surface area contributed by atoms with Gasteiger partial charge in [0.2, 0.25) is 0 Å². The molecule has 17 heavy (non-hydrogen) atoms. The van der Waals surface area contributed by atoms with Crippen LogP contribution in [0.15, 0.2) is 22.7 Å². The summed E-state index contributed by atoms with van der Waals surface area (Å²) in [4.78, 5) is 22.2. The van der Waals surface area contributed by atoms with Crippen LogP contribution in [0.2, 0.25) is 0 Å². The van der Waals surface area contributed by atoms with Gasteiger partial charge in [0, 0.05) is 16.1 Å². The van der Waals surface area contributed by atoms with Crippen molar-refractivity contribution < 1.29 is 14.7 Å². The number of carboxylic acids is 1. The summed E-state index contributed by atoms with van der Waals surface area (Å²) in [6.45, 7) is 3.59. The second kappa shape index (κ2) is 5.82. The molecule has 0 spiro atoms. The summed E-state index contributed by atoms with van der Waals surface area (Å²) >= 11 is 3.35. The first-order valence-corrected chi connectivity index (χ1v) is 5.98. The molecule has 0 aliphatic carbocycles. The molecule has 0 aliphatic rings. The van der Waals surface area contributed by atoms with Gasteiger partial charge in [0.05, 0.1) is 6.42 Å². The SMILES string of the molecule is Cc1ccc(C(=O)NC(C)CC(=O)O)cc1Br. The van der Waals surface area contributed by atoms with Crippen molar-refractivity contribution in [3.8, 4) is 0 Å². The molecule has 0 saturated carbocycles. The number of carbonyl (C=O) groups is 2. The molecule has 5 heteroatoms. The highest BCUT2D eigenvalue weighted by Crippen LogP contribution is 2.17. The van der Waals surface area contributed by atoms with Crippen molar-refractivity contribution in [3.63, 3.8) is 0 Å². The fourth-order valence-corrected chi connectivity index (χ4v) is 1.73. The minimum atomic E-state index is -0.928. The summed E-state index contributed by atoms with van der Waals surface area (Å²) in [7, 11) is 0. The number of hydrogen-bond acceptors (Lipinski definition) is 2. The largest absolute Gasteiger partial charge is 0.481 e. The van der Waals surface area contributed by atoms with Crippen LogP contribution >= 0.6 is 15.9 Å². The zero-order chi connectivity index (χ0) is 13.0. The van der Waals surface area contributed by atoms with Crippen molar-refractivity contribution in [2.45, 2.75) is 26.3 Å². The number of hydrogen-bond donors (Lipinski definition) is 2. The fraction of sp³-hybridized carbons (Fsp3) is 0.333. The average molecular weight is 300 g/mol. The summed E-state index contributed by atoms with van der Waals surface area (Å²) < 4.78 is 0.857. The van der Waals surface area contributed by atoms with Crippen molar-refractivity contribution in [2.75, 3.05) is 0 Å². The van der Waals surface area contributed by atoms with Crippen LogP contribution in [-0.4, -0.2) is 23.0 Å². The van der Waals surface area contributed by atoms with E-state index in [1.807, 2.05) is 13.0 Å². The Balaban J connectivity index is 2.70. The summed E-state index contributed by atoms with van der Waals surface area (Å²) in [5, 5.41) is 11.2. The molecule has 1 amide bonds. The first-order chi connectivity index (χ1) is 7.90. The van der Waals surface area contributed by atoms with E-state index in [1.54, 1.807) is 19.1 Å². The van der Waals surface area contributed by atoms with Gasteiger partial charge in [0.15, 0.2) is 0 Å². The maximum Gasteiger partial charge on any atom is 0.305 e. The molecule has 1 aromatic carbocycles. The quantitative estimate of drug-likeness (QED) is 0.897. The highest BCUT2D eigenvalue weighted by Gasteiger charge is 2.12. The monoisotopic (exact) mass is 299 g/mol. The average Bonchev–Trinajstić information content (AvgIpc) is 2.20. The Kier molecular flexibility index (Phi) is 4.69. The number of nitrogens with one attached hydrogen (secondary N) is 1. The molecule has 2 N–H and O–H groups in total. The number of amides is 1. The Morgan fingerprint density at radius 3 is 2.65 bits per heavy atom. The third kappa shape index (κ3) is 4.19. The van der Waals surface area contributed by atoms with Crippen LogP contribution in [0.1, 0.15) is 29.3 Å². The van der Waals surface area contributed by atoms with Crippen molar-refractivity contribution >= 4 is 27.8 Å².